The second-order valence-corrected chi connectivity index (χ2v) is 6.25. The summed E-state index contributed by atoms with van der Waals surface area (Å²) in [5.74, 6) is 0.672. The van der Waals surface area contributed by atoms with E-state index < -0.39 is 0 Å². The smallest absolute Gasteiger partial charge is 0.237 e. The minimum absolute atomic E-state index is 0.0379. The Kier molecular flexibility index (Phi) is 4.99. The standard InChI is InChI=1S/C14H28N2O/c1-6-11(10(2)3)16-13(17)12-14(4,5)8-7-9-15-12/h10-12,15H,6-9H2,1-5H3,(H,16,17). The van der Waals surface area contributed by atoms with E-state index in [9.17, 15) is 4.79 Å². The Bertz CT molecular complexity index is 261. The van der Waals surface area contributed by atoms with Gasteiger partial charge in [-0.2, -0.15) is 0 Å². The van der Waals surface area contributed by atoms with Gasteiger partial charge < -0.3 is 10.6 Å². The van der Waals surface area contributed by atoms with Gasteiger partial charge in [0.05, 0.1) is 6.04 Å². The number of piperidine rings is 1. The fourth-order valence-electron chi connectivity index (χ4n) is 2.66. The lowest BCUT2D eigenvalue weighted by atomic mass is 9.77. The Balaban J connectivity index is 2.62. The molecule has 1 rings (SSSR count). The van der Waals surface area contributed by atoms with E-state index in [0.29, 0.717) is 12.0 Å². The highest BCUT2D eigenvalue weighted by atomic mass is 16.2. The monoisotopic (exact) mass is 240 g/mol. The molecule has 0 radical (unpaired) electrons. The van der Waals surface area contributed by atoms with Gasteiger partial charge in [0, 0.05) is 6.04 Å². The van der Waals surface area contributed by atoms with Crippen LogP contribution in [0.2, 0.25) is 0 Å². The van der Waals surface area contributed by atoms with Gasteiger partial charge in [-0.3, -0.25) is 4.79 Å². The molecule has 3 heteroatoms. The van der Waals surface area contributed by atoms with Gasteiger partial charge in [0.25, 0.3) is 0 Å². The number of hydrogen-bond donors (Lipinski definition) is 2. The quantitative estimate of drug-likeness (QED) is 0.792. The molecule has 0 aromatic heterocycles. The van der Waals surface area contributed by atoms with Crippen LogP contribution in [0.5, 0.6) is 0 Å². The van der Waals surface area contributed by atoms with Gasteiger partial charge in [-0.05, 0) is 37.1 Å². The zero-order valence-corrected chi connectivity index (χ0v) is 12.0. The number of carbonyl (C=O) groups excluding carboxylic acids is 1. The van der Waals surface area contributed by atoms with Crippen molar-refractivity contribution in [2.24, 2.45) is 11.3 Å². The molecular formula is C14H28N2O. The van der Waals surface area contributed by atoms with Crippen molar-refractivity contribution < 1.29 is 4.79 Å². The van der Waals surface area contributed by atoms with Crippen molar-refractivity contribution in [3.8, 4) is 0 Å². The van der Waals surface area contributed by atoms with Crippen LogP contribution < -0.4 is 10.6 Å². The van der Waals surface area contributed by atoms with Gasteiger partial charge in [-0.1, -0.05) is 34.6 Å². The largest absolute Gasteiger partial charge is 0.352 e. The van der Waals surface area contributed by atoms with Crippen LogP contribution in [0.3, 0.4) is 0 Å². The van der Waals surface area contributed by atoms with E-state index in [-0.39, 0.29) is 17.4 Å². The summed E-state index contributed by atoms with van der Waals surface area (Å²) in [6, 6.07) is 0.256. The molecule has 0 saturated carbocycles. The van der Waals surface area contributed by atoms with Crippen molar-refractivity contribution in [2.45, 2.75) is 66.0 Å². The Labute approximate surface area is 106 Å². The molecule has 0 aromatic rings. The second kappa shape index (κ2) is 5.85. The fourth-order valence-corrected chi connectivity index (χ4v) is 2.66. The first-order chi connectivity index (χ1) is 7.88. The second-order valence-electron chi connectivity index (χ2n) is 6.25. The molecule has 3 nitrogen and oxygen atoms in total. The average molecular weight is 240 g/mol. The first-order valence-electron chi connectivity index (χ1n) is 6.92. The normalized spacial score (nSPS) is 25.6. The molecule has 1 aliphatic rings. The first-order valence-corrected chi connectivity index (χ1v) is 6.92. The van der Waals surface area contributed by atoms with Gasteiger partial charge in [0.2, 0.25) is 5.91 Å². The predicted molar refractivity (Wildman–Crippen MR) is 71.9 cm³/mol. The summed E-state index contributed by atoms with van der Waals surface area (Å²) in [5.41, 5.74) is 0.0671. The molecular weight excluding hydrogens is 212 g/mol. The highest BCUT2D eigenvalue weighted by Gasteiger charge is 2.37. The summed E-state index contributed by atoms with van der Waals surface area (Å²) in [7, 11) is 0. The van der Waals surface area contributed by atoms with Crippen molar-refractivity contribution in [3.05, 3.63) is 0 Å². The van der Waals surface area contributed by atoms with E-state index in [2.05, 4.69) is 45.3 Å². The number of hydrogen-bond acceptors (Lipinski definition) is 2. The van der Waals surface area contributed by atoms with E-state index in [1.807, 2.05) is 0 Å². The van der Waals surface area contributed by atoms with Crippen LogP contribution in [-0.4, -0.2) is 24.5 Å². The Morgan fingerprint density at radius 1 is 1.47 bits per heavy atom. The zero-order valence-electron chi connectivity index (χ0n) is 12.0. The molecule has 0 spiro atoms. The topological polar surface area (TPSA) is 41.1 Å². The van der Waals surface area contributed by atoms with Gasteiger partial charge in [-0.15, -0.1) is 0 Å². The van der Waals surface area contributed by atoms with Crippen LogP contribution in [0.25, 0.3) is 0 Å². The summed E-state index contributed by atoms with van der Waals surface area (Å²) >= 11 is 0. The van der Waals surface area contributed by atoms with Crippen LogP contribution in [0.1, 0.15) is 53.9 Å². The lowest BCUT2D eigenvalue weighted by molar-refractivity contribution is -0.127. The molecule has 2 atom stereocenters. The van der Waals surface area contributed by atoms with Crippen molar-refractivity contribution in [1.82, 2.24) is 10.6 Å². The maximum atomic E-state index is 12.3. The van der Waals surface area contributed by atoms with Crippen molar-refractivity contribution in [2.75, 3.05) is 6.54 Å². The minimum atomic E-state index is -0.0379. The predicted octanol–water partition coefficient (Wildman–Crippen LogP) is 2.32. The van der Waals surface area contributed by atoms with Gasteiger partial charge in [-0.25, -0.2) is 0 Å². The number of rotatable bonds is 4. The van der Waals surface area contributed by atoms with E-state index in [1.165, 1.54) is 0 Å². The summed E-state index contributed by atoms with van der Waals surface area (Å²) in [5, 5.41) is 6.56. The van der Waals surface area contributed by atoms with Crippen LogP contribution in [0.15, 0.2) is 0 Å². The SMILES string of the molecule is CCC(NC(=O)C1NCCCC1(C)C)C(C)C. The molecule has 1 fully saturated rings. The zero-order chi connectivity index (χ0) is 13.1. The molecule has 0 aromatic carbocycles. The van der Waals surface area contributed by atoms with Gasteiger partial charge in [0.1, 0.15) is 0 Å². The number of amides is 1. The lowest BCUT2D eigenvalue weighted by Gasteiger charge is -2.39. The molecule has 0 bridgehead atoms. The third-order valence-corrected chi connectivity index (χ3v) is 3.96. The van der Waals surface area contributed by atoms with Crippen LogP contribution >= 0.6 is 0 Å². The van der Waals surface area contributed by atoms with Crippen molar-refractivity contribution >= 4 is 5.91 Å². The van der Waals surface area contributed by atoms with E-state index in [0.717, 1.165) is 25.8 Å². The van der Waals surface area contributed by atoms with E-state index in [1.54, 1.807) is 0 Å². The Hall–Kier alpha value is -0.570. The molecule has 2 unspecified atom stereocenters. The molecule has 2 N–H and O–H groups in total. The summed E-state index contributed by atoms with van der Waals surface area (Å²) in [6.07, 6.45) is 3.28. The summed E-state index contributed by atoms with van der Waals surface area (Å²) in [6.45, 7) is 11.8. The molecule has 1 amide bonds. The molecule has 100 valence electrons. The molecule has 1 heterocycles. The number of carbonyl (C=O) groups is 1. The maximum Gasteiger partial charge on any atom is 0.237 e. The third kappa shape index (κ3) is 3.70. The third-order valence-electron chi connectivity index (χ3n) is 3.96. The molecule has 0 aliphatic carbocycles. The van der Waals surface area contributed by atoms with Crippen molar-refractivity contribution in [3.63, 3.8) is 0 Å². The minimum Gasteiger partial charge on any atom is -0.352 e. The van der Waals surface area contributed by atoms with Crippen LogP contribution in [0.4, 0.5) is 0 Å². The Morgan fingerprint density at radius 3 is 2.59 bits per heavy atom. The van der Waals surface area contributed by atoms with Crippen molar-refractivity contribution in [1.29, 1.82) is 0 Å². The average Bonchev–Trinajstić information content (AvgIpc) is 2.24. The highest BCUT2D eigenvalue weighted by Crippen LogP contribution is 2.30. The Morgan fingerprint density at radius 2 is 2.12 bits per heavy atom. The van der Waals surface area contributed by atoms with Crippen LogP contribution in [-0.2, 0) is 4.79 Å². The first kappa shape index (κ1) is 14.5. The molecule has 17 heavy (non-hydrogen) atoms. The highest BCUT2D eigenvalue weighted by molar-refractivity contribution is 5.83. The molecule has 1 saturated heterocycles. The summed E-state index contributed by atoms with van der Waals surface area (Å²) < 4.78 is 0. The molecule has 1 aliphatic heterocycles. The lowest BCUT2D eigenvalue weighted by Crippen LogP contribution is -2.57. The van der Waals surface area contributed by atoms with E-state index >= 15 is 0 Å². The summed E-state index contributed by atoms with van der Waals surface area (Å²) in [4.78, 5) is 12.3. The van der Waals surface area contributed by atoms with Crippen LogP contribution in [0, 0.1) is 11.3 Å². The van der Waals surface area contributed by atoms with E-state index in [4.69, 9.17) is 0 Å². The van der Waals surface area contributed by atoms with Gasteiger partial charge in [0.15, 0.2) is 0 Å². The number of nitrogens with one attached hydrogen (secondary N) is 2. The fraction of sp³-hybridized carbons (Fsp3) is 0.929. The van der Waals surface area contributed by atoms with Gasteiger partial charge >= 0.3 is 0 Å². The maximum absolute atomic E-state index is 12.3.